The summed E-state index contributed by atoms with van der Waals surface area (Å²) in [5, 5.41) is 9.55. The number of allylic oxidation sites excluding steroid dienone is 3. The van der Waals surface area contributed by atoms with Gasteiger partial charge < -0.3 is 9.80 Å². The molecule has 9 heteroatoms. The van der Waals surface area contributed by atoms with Gasteiger partial charge in [-0.3, -0.25) is 4.79 Å². The summed E-state index contributed by atoms with van der Waals surface area (Å²) in [7, 11) is 0. The highest BCUT2D eigenvalue weighted by Gasteiger charge is 2.40. The lowest BCUT2D eigenvalue weighted by Crippen LogP contribution is -2.48. The van der Waals surface area contributed by atoms with Crippen LogP contribution in [0.4, 0.5) is 13.2 Å². The van der Waals surface area contributed by atoms with Gasteiger partial charge in [0.15, 0.2) is 5.69 Å². The zero-order valence-electron chi connectivity index (χ0n) is 18.0. The van der Waals surface area contributed by atoms with Crippen LogP contribution in [-0.2, 0) is 6.18 Å². The molecule has 0 spiro atoms. The Morgan fingerprint density at radius 1 is 1.18 bits per heavy atom. The zero-order valence-corrected chi connectivity index (χ0v) is 18.0. The Kier molecular flexibility index (Phi) is 7.28. The summed E-state index contributed by atoms with van der Waals surface area (Å²) < 4.78 is 41.6. The van der Waals surface area contributed by atoms with Crippen LogP contribution in [0.25, 0.3) is 11.3 Å². The third-order valence-electron chi connectivity index (χ3n) is 5.18. The number of piperazine rings is 1. The quantitative estimate of drug-likeness (QED) is 0.493. The van der Waals surface area contributed by atoms with Crippen molar-refractivity contribution < 1.29 is 18.0 Å². The molecule has 2 heterocycles. The molecule has 1 aromatic carbocycles. The SMILES string of the molecule is C=N/C(=C\C=C/C)N1CCN(C(=O)c2cc(C#N)c(-c3ccccc3)nc2C(F)(F)F)CC1. The lowest BCUT2D eigenvalue weighted by Gasteiger charge is -2.36. The van der Waals surface area contributed by atoms with E-state index in [1.807, 2.05) is 24.0 Å². The van der Waals surface area contributed by atoms with E-state index in [1.54, 1.807) is 42.5 Å². The van der Waals surface area contributed by atoms with Crippen LogP contribution in [0.15, 0.2) is 65.4 Å². The first kappa shape index (κ1) is 23.7. The maximum atomic E-state index is 13.9. The van der Waals surface area contributed by atoms with Gasteiger partial charge in [-0.25, -0.2) is 9.98 Å². The molecule has 1 aromatic heterocycles. The second-order valence-corrected chi connectivity index (χ2v) is 7.24. The fraction of sp³-hybridized carbons (Fsp3) is 0.250. The molecular weight excluding hydrogens is 431 g/mol. The molecule has 1 amide bonds. The summed E-state index contributed by atoms with van der Waals surface area (Å²) in [4.78, 5) is 24.1. The molecule has 0 atom stereocenters. The number of alkyl halides is 3. The molecule has 2 aromatic rings. The summed E-state index contributed by atoms with van der Waals surface area (Å²) in [5.41, 5.74) is -1.76. The molecule has 0 unspecified atom stereocenters. The summed E-state index contributed by atoms with van der Waals surface area (Å²) in [6.07, 6.45) is 0.556. The van der Waals surface area contributed by atoms with Crippen LogP contribution < -0.4 is 0 Å². The number of hydrogen-bond acceptors (Lipinski definition) is 5. The van der Waals surface area contributed by atoms with E-state index in [0.717, 1.165) is 6.07 Å². The molecule has 33 heavy (non-hydrogen) atoms. The Balaban J connectivity index is 1.94. The Morgan fingerprint density at radius 3 is 2.36 bits per heavy atom. The molecule has 0 radical (unpaired) electrons. The second-order valence-electron chi connectivity index (χ2n) is 7.24. The molecule has 6 nitrogen and oxygen atoms in total. The van der Waals surface area contributed by atoms with Gasteiger partial charge in [-0.2, -0.15) is 18.4 Å². The summed E-state index contributed by atoms with van der Waals surface area (Å²) in [6, 6.07) is 11.0. The zero-order chi connectivity index (χ0) is 24.0. The number of pyridine rings is 1. The molecule has 3 rings (SSSR count). The third kappa shape index (κ3) is 5.29. The maximum absolute atomic E-state index is 13.9. The van der Waals surface area contributed by atoms with Crippen LogP contribution in [0.5, 0.6) is 0 Å². The van der Waals surface area contributed by atoms with Crippen LogP contribution >= 0.6 is 0 Å². The average Bonchev–Trinajstić information content (AvgIpc) is 2.83. The van der Waals surface area contributed by atoms with Crippen LogP contribution in [-0.4, -0.2) is 53.6 Å². The summed E-state index contributed by atoms with van der Waals surface area (Å²) >= 11 is 0. The van der Waals surface area contributed by atoms with Gasteiger partial charge in [-0.05, 0) is 25.8 Å². The van der Waals surface area contributed by atoms with Crippen molar-refractivity contribution in [3.05, 3.63) is 77.3 Å². The number of amides is 1. The fourth-order valence-corrected chi connectivity index (χ4v) is 3.54. The Bertz CT molecular complexity index is 1130. The van der Waals surface area contributed by atoms with Crippen molar-refractivity contribution in [2.45, 2.75) is 13.1 Å². The van der Waals surface area contributed by atoms with E-state index in [2.05, 4.69) is 16.7 Å². The van der Waals surface area contributed by atoms with E-state index in [1.165, 1.54) is 4.90 Å². The van der Waals surface area contributed by atoms with Gasteiger partial charge in [0.1, 0.15) is 11.9 Å². The monoisotopic (exact) mass is 453 g/mol. The van der Waals surface area contributed by atoms with Gasteiger partial charge in [0.05, 0.1) is 16.8 Å². The molecule has 1 fully saturated rings. The molecule has 0 bridgehead atoms. The number of benzene rings is 1. The van der Waals surface area contributed by atoms with Crippen LogP contribution in [0.1, 0.15) is 28.5 Å². The smallest absolute Gasteiger partial charge is 0.353 e. The largest absolute Gasteiger partial charge is 0.434 e. The molecule has 0 saturated carbocycles. The van der Waals surface area contributed by atoms with E-state index >= 15 is 0 Å². The van der Waals surface area contributed by atoms with Crippen molar-refractivity contribution in [2.24, 2.45) is 4.99 Å². The minimum absolute atomic E-state index is 0.0939. The number of aliphatic imine (C=N–C) groups is 1. The lowest BCUT2D eigenvalue weighted by molar-refractivity contribution is -0.141. The predicted octanol–water partition coefficient (Wildman–Crippen LogP) is 4.51. The van der Waals surface area contributed by atoms with Crippen LogP contribution in [0.2, 0.25) is 0 Å². The van der Waals surface area contributed by atoms with Crippen molar-refractivity contribution in [1.29, 1.82) is 5.26 Å². The number of hydrogen-bond donors (Lipinski definition) is 0. The highest BCUT2D eigenvalue weighted by molar-refractivity contribution is 5.96. The number of aromatic nitrogens is 1. The number of nitriles is 1. The highest BCUT2D eigenvalue weighted by atomic mass is 19.4. The molecule has 1 aliphatic heterocycles. The third-order valence-corrected chi connectivity index (χ3v) is 5.18. The second kappa shape index (κ2) is 10.1. The van der Waals surface area contributed by atoms with Gasteiger partial charge >= 0.3 is 6.18 Å². The van der Waals surface area contributed by atoms with Gasteiger partial charge in [0, 0.05) is 31.7 Å². The Hall–Kier alpha value is -3.93. The van der Waals surface area contributed by atoms with E-state index < -0.39 is 23.3 Å². The minimum atomic E-state index is -4.86. The standard InChI is InChI=1S/C24H22F3N5O/c1-3-4-10-20(29-2)31-11-13-32(14-12-31)23(33)19-15-18(16-28)21(17-8-6-5-7-9-17)30-22(19)24(25,26)27/h3-10,15H,2,11-14H2,1H3/b4-3-,20-10+. The van der Waals surface area contributed by atoms with Crippen LogP contribution in [0.3, 0.4) is 0 Å². The number of rotatable bonds is 5. The van der Waals surface area contributed by atoms with Gasteiger partial charge in [0.25, 0.3) is 5.91 Å². The van der Waals surface area contributed by atoms with Crippen molar-refractivity contribution >= 4 is 12.6 Å². The molecular formula is C24H22F3N5O. The first-order valence-corrected chi connectivity index (χ1v) is 10.2. The summed E-state index contributed by atoms with van der Waals surface area (Å²) in [6.45, 7) is 6.56. The number of halogens is 3. The molecule has 1 saturated heterocycles. The van der Waals surface area contributed by atoms with Gasteiger partial charge in [-0.1, -0.05) is 42.5 Å². The number of carbonyl (C=O) groups is 1. The van der Waals surface area contributed by atoms with Crippen molar-refractivity contribution in [1.82, 2.24) is 14.8 Å². The predicted molar refractivity (Wildman–Crippen MR) is 119 cm³/mol. The summed E-state index contributed by atoms with van der Waals surface area (Å²) in [5.74, 6) is -0.187. The Morgan fingerprint density at radius 2 is 1.82 bits per heavy atom. The van der Waals surface area contributed by atoms with Crippen molar-refractivity contribution in [3.8, 4) is 17.3 Å². The van der Waals surface area contributed by atoms with Gasteiger partial charge in [-0.15, -0.1) is 0 Å². The van der Waals surface area contributed by atoms with E-state index in [-0.39, 0.29) is 24.3 Å². The normalized spacial score (nSPS) is 14.9. The molecule has 170 valence electrons. The minimum Gasteiger partial charge on any atom is -0.353 e. The topological polar surface area (TPSA) is 72.6 Å². The average molecular weight is 453 g/mol. The fourth-order valence-electron chi connectivity index (χ4n) is 3.54. The first-order chi connectivity index (χ1) is 15.8. The Labute approximate surface area is 190 Å². The van der Waals surface area contributed by atoms with E-state index in [0.29, 0.717) is 24.5 Å². The lowest BCUT2D eigenvalue weighted by atomic mass is 10.0. The molecule has 0 N–H and O–H groups in total. The first-order valence-electron chi connectivity index (χ1n) is 10.2. The molecule has 1 aliphatic rings. The van der Waals surface area contributed by atoms with E-state index in [9.17, 15) is 23.2 Å². The number of carbonyl (C=O) groups excluding carboxylic acids is 1. The molecule has 0 aliphatic carbocycles. The number of nitrogens with zero attached hydrogens (tertiary/aromatic N) is 5. The maximum Gasteiger partial charge on any atom is 0.434 e. The van der Waals surface area contributed by atoms with Crippen molar-refractivity contribution in [2.75, 3.05) is 26.2 Å². The van der Waals surface area contributed by atoms with E-state index in [4.69, 9.17) is 0 Å². The van der Waals surface area contributed by atoms with Gasteiger partial charge in [0.2, 0.25) is 0 Å². The highest BCUT2D eigenvalue weighted by Crippen LogP contribution is 2.35. The van der Waals surface area contributed by atoms with Crippen molar-refractivity contribution in [3.63, 3.8) is 0 Å². The van der Waals surface area contributed by atoms with Crippen LogP contribution in [0, 0.1) is 11.3 Å².